The standard InChI is InChI=1S/C19H36O3.C18H12O/c1-3-4-5-12-15-18(20)16-13-10-8-6-7-9-11-14-17-19(21)22-2;1-11(19)15-9-7-14-6-5-12-3-2-4-13-8-10-16(15)18(14)17(12)13/h10,13,18,20H,3-9,11-12,14-17H2,1-2H3;2-10H,1H3/b13-10-;. The molecule has 0 heterocycles. The number of allylic oxidation sites excluding steroid dienone is 1. The van der Waals surface area contributed by atoms with Crippen molar-refractivity contribution in [3.8, 4) is 0 Å². The van der Waals surface area contributed by atoms with Gasteiger partial charge in [-0.3, -0.25) is 9.59 Å². The lowest BCUT2D eigenvalue weighted by atomic mass is 9.91. The lowest BCUT2D eigenvalue weighted by Gasteiger charge is -2.12. The molecule has 0 aromatic heterocycles. The second-order valence-corrected chi connectivity index (χ2v) is 11.1. The number of carbonyl (C=O) groups is 2. The summed E-state index contributed by atoms with van der Waals surface area (Å²) in [7, 11) is 1.44. The van der Waals surface area contributed by atoms with E-state index in [9.17, 15) is 14.7 Å². The molecule has 0 fully saturated rings. The van der Waals surface area contributed by atoms with Gasteiger partial charge in [0.25, 0.3) is 0 Å². The van der Waals surface area contributed by atoms with Gasteiger partial charge >= 0.3 is 5.97 Å². The van der Waals surface area contributed by atoms with Crippen LogP contribution in [0.4, 0.5) is 0 Å². The molecular weight excluding hydrogens is 508 g/mol. The number of carbonyl (C=O) groups excluding carboxylic acids is 2. The first-order valence-corrected chi connectivity index (χ1v) is 15.5. The van der Waals surface area contributed by atoms with Crippen LogP contribution in [0.3, 0.4) is 0 Å². The van der Waals surface area contributed by atoms with Gasteiger partial charge in [0, 0.05) is 12.0 Å². The zero-order valence-corrected chi connectivity index (χ0v) is 25.3. The monoisotopic (exact) mass is 556 g/mol. The highest BCUT2D eigenvalue weighted by Gasteiger charge is 2.12. The molecule has 0 amide bonds. The average molecular weight is 557 g/mol. The number of aliphatic hydroxyl groups excluding tert-OH is 1. The molecule has 41 heavy (non-hydrogen) atoms. The van der Waals surface area contributed by atoms with E-state index in [2.05, 4.69) is 66.3 Å². The summed E-state index contributed by atoms with van der Waals surface area (Å²) in [6, 6.07) is 18.8. The third kappa shape index (κ3) is 9.97. The van der Waals surface area contributed by atoms with Crippen molar-refractivity contribution < 1.29 is 19.4 Å². The number of methoxy groups -OCH3 is 1. The molecule has 0 bridgehead atoms. The summed E-state index contributed by atoms with van der Waals surface area (Å²) >= 11 is 0. The highest BCUT2D eigenvalue weighted by atomic mass is 16.5. The second-order valence-electron chi connectivity index (χ2n) is 11.1. The molecule has 0 aliphatic heterocycles. The number of hydrogen-bond donors (Lipinski definition) is 1. The van der Waals surface area contributed by atoms with Gasteiger partial charge in [-0.25, -0.2) is 0 Å². The van der Waals surface area contributed by atoms with Crippen molar-refractivity contribution in [1.82, 2.24) is 0 Å². The van der Waals surface area contributed by atoms with Crippen molar-refractivity contribution in [2.45, 2.75) is 103 Å². The molecule has 4 aromatic carbocycles. The molecule has 4 heteroatoms. The minimum atomic E-state index is -0.161. The molecule has 0 radical (unpaired) electrons. The predicted molar refractivity (Wildman–Crippen MR) is 173 cm³/mol. The van der Waals surface area contributed by atoms with Crippen LogP contribution in [0.15, 0.2) is 66.7 Å². The van der Waals surface area contributed by atoms with Crippen LogP contribution >= 0.6 is 0 Å². The number of aliphatic hydroxyl groups is 1. The molecular formula is C37H48O4. The predicted octanol–water partition coefficient (Wildman–Crippen LogP) is 9.95. The van der Waals surface area contributed by atoms with E-state index in [0.717, 1.165) is 49.5 Å². The number of hydrogen-bond acceptors (Lipinski definition) is 4. The van der Waals surface area contributed by atoms with Gasteiger partial charge in [0.1, 0.15) is 0 Å². The Morgan fingerprint density at radius 3 is 2.12 bits per heavy atom. The van der Waals surface area contributed by atoms with Crippen LogP contribution in [0.2, 0.25) is 0 Å². The summed E-state index contributed by atoms with van der Waals surface area (Å²) in [5.41, 5.74) is 0.811. The molecule has 0 saturated carbocycles. The van der Waals surface area contributed by atoms with Gasteiger partial charge in [-0.05, 0) is 71.3 Å². The van der Waals surface area contributed by atoms with Crippen LogP contribution in [0.1, 0.15) is 108 Å². The Morgan fingerprint density at radius 2 is 1.41 bits per heavy atom. The van der Waals surface area contributed by atoms with Crippen molar-refractivity contribution in [3.05, 3.63) is 72.3 Å². The van der Waals surface area contributed by atoms with Gasteiger partial charge in [-0.2, -0.15) is 0 Å². The Balaban J connectivity index is 0.000000226. The molecule has 0 aliphatic rings. The Kier molecular flexibility index (Phi) is 13.8. The van der Waals surface area contributed by atoms with E-state index in [1.165, 1.54) is 72.6 Å². The number of rotatable bonds is 16. The fraction of sp³-hybridized carbons (Fsp3) is 0.459. The molecule has 0 aliphatic carbocycles. The second kappa shape index (κ2) is 17.5. The topological polar surface area (TPSA) is 63.6 Å². The van der Waals surface area contributed by atoms with Crippen molar-refractivity contribution in [2.75, 3.05) is 7.11 Å². The summed E-state index contributed by atoms with van der Waals surface area (Å²) in [6.45, 7) is 3.84. The van der Waals surface area contributed by atoms with Gasteiger partial charge in [-0.15, -0.1) is 0 Å². The number of esters is 1. The first-order valence-electron chi connectivity index (χ1n) is 15.5. The van der Waals surface area contributed by atoms with E-state index >= 15 is 0 Å². The lowest BCUT2D eigenvalue weighted by molar-refractivity contribution is -0.140. The number of Topliss-reactive ketones (excluding diaryl/α,β-unsaturated/α-hetero) is 1. The summed E-state index contributed by atoms with van der Waals surface area (Å²) < 4.78 is 4.61. The van der Waals surface area contributed by atoms with Crippen LogP contribution in [0.5, 0.6) is 0 Å². The van der Waals surface area contributed by atoms with Crippen molar-refractivity contribution in [1.29, 1.82) is 0 Å². The Bertz CT molecular complexity index is 1370. The fourth-order valence-electron chi connectivity index (χ4n) is 5.50. The highest BCUT2D eigenvalue weighted by molar-refractivity contribution is 6.26. The quantitative estimate of drug-likeness (QED) is 0.0490. The van der Waals surface area contributed by atoms with E-state index in [1.807, 2.05) is 12.1 Å². The van der Waals surface area contributed by atoms with E-state index < -0.39 is 0 Å². The van der Waals surface area contributed by atoms with Gasteiger partial charge in [0.15, 0.2) is 5.78 Å². The molecule has 220 valence electrons. The Morgan fingerprint density at radius 1 is 0.780 bits per heavy atom. The summed E-state index contributed by atoms with van der Waals surface area (Å²) in [5.74, 6) is 0.0223. The molecule has 1 unspecified atom stereocenters. The zero-order valence-electron chi connectivity index (χ0n) is 25.3. The van der Waals surface area contributed by atoms with E-state index in [4.69, 9.17) is 0 Å². The van der Waals surface area contributed by atoms with Crippen molar-refractivity contribution in [2.24, 2.45) is 0 Å². The molecule has 1 atom stereocenters. The smallest absolute Gasteiger partial charge is 0.305 e. The number of unbranched alkanes of at least 4 members (excludes halogenated alkanes) is 8. The summed E-state index contributed by atoms with van der Waals surface area (Å²) in [4.78, 5) is 22.7. The highest BCUT2D eigenvalue weighted by Crippen LogP contribution is 2.35. The van der Waals surface area contributed by atoms with Gasteiger partial charge < -0.3 is 9.84 Å². The average Bonchev–Trinajstić information content (AvgIpc) is 2.99. The first-order chi connectivity index (χ1) is 20.0. The maximum atomic E-state index is 11.8. The van der Waals surface area contributed by atoms with Crippen molar-refractivity contribution in [3.63, 3.8) is 0 Å². The fourth-order valence-corrected chi connectivity index (χ4v) is 5.50. The number of ether oxygens (including phenoxy) is 1. The molecule has 4 nitrogen and oxygen atoms in total. The number of ketones is 1. The molecule has 4 aromatic rings. The van der Waals surface area contributed by atoms with Crippen LogP contribution in [0.25, 0.3) is 32.3 Å². The SMILES string of the molecule is CC(=O)c1ccc2ccc3cccc4ccc1c2c34.CCCCCCC(O)C/C=C\CCCCCCCC(=O)OC. The zero-order chi connectivity index (χ0) is 29.5. The Hall–Kier alpha value is -3.24. The molecule has 4 rings (SSSR count). The van der Waals surface area contributed by atoms with E-state index in [0.29, 0.717) is 6.42 Å². The normalized spacial score (nSPS) is 12.2. The Labute approximate surface area is 246 Å². The van der Waals surface area contributed by atoms with Crippen molar-refractivity contribution >= 4 is 44.1 Å². The molecule has 0 saturated heterocycles. The summed E-state index contributed by atoms with van der Waals surface area (Å²) in [5, 5.41) is 17.0. The third-order valence-electron chi connectivity index (χ3n) is 7.85. The van der Waals surface area contributed by atoms with Crippen LogP contribution in [-0.2, 0) is 9.53 Å². The molecule has 1 N–H and O–H groups in total. The first kappa shape index (κ1) is 32.3. The largest absolute Gasteiger partial charge is 0.469 e. The minimum absolute atomic E-state index is 0.101. The molecule has 0 spiro atoms. The third-order valence-corrected chi connectivity index (χ3v) is 7.85. The van der Waals surface area contributed by atoms with Crippen LogP contribution < -0.4 is 0 Å². The van der Waals surface area contributed by atoms with Gasteiger partial charge in [0.05, 0.1) is 13.2 Å². The van der Waals surface area contributed by atoms with Crippen LogP contribution in [0, 0.1) is 0 Å². The van der Waals surface area contributed by atoms with E-state index in [1.54, 1.807) is 6.92 Å². The van der Waals surface area contributed by atoms with E-state index in [-0.39, 0.29) is 17.9 Å². The van der Waals surface area contributed by atoms with Gasteiger partial charge in [0.2, 0.25) is 0 Å². The lowest BCUT2D eigenvalue weighted by Crippen LogP contribution is -2.04. The van der Waals surface area contributed by atoms with Crippen LogP contribution in [-0.4, -0.2) is 30.1 Å². The minimum Gasteiger partial charge on any atom is -0.469 e. The maximum Gasteiger partial charge on any atom is 0.305 e. The van der Waals surface area contributed by atoms with Gasteiger partial charge in [-0.1, -0.05) is 119 Å². The maximum absolute atomic E-state index is 11.8. The summed E-state index contributed by atoms with van der Waals surface area (Å²) in [6.07, 6.45) is 18.1. The number of benzene rings is 4.